The zero-order chi connectivity index (χ0) is 21.6. The monoisotopic (exact) mass is 410 g/mol. The molecular weight excluding hydrogens is 388 g/mol. The fourth-order valence-corrected chi connectivity index (χ4v) is 3.39. The third kappa shape index (κ3) is 4.53. The molecule has 6 heteroatoms. The summed E-state index contributed by atoms with van der Waals surface area (Å²) in [5.41, 5.74) is 6.22. The van der Waals surface area contributed by atoms with E-state index >= 15 is 0 Å². The number of nitrogens with zero attached hydrogens (tertiary/aromatic N) is 2. The van der Waals surface area contributed by atoms with Crippen molar-refractivity contribution in [3.63, 3.8) is 0 Å². The summed E-state index contributed by atoms with van der Waals surface area (Å²) < 4.78 is 1.49. The first kappa shape index (κ1) is 20.1. The summed E-state index contributed by atoms with van der Waals surface area (Å²) >= 11 is 0. The van der Waals surface area contributed by atoms with Crippen molar-refractivity contribution in [1.82, 2.24) is 15.2 Å². The molecule has 31 heavy (non-hydrogen) atoms. The van der Waals surface area contributed by atoms with E-state index in [1.165, 1.54) is 4.68 Å². The summed E-state index contributed by atoms with van der Waals surface area (Å²) in [6, 6.07) is 27.9. The highest BCUT2D eigenvalue weighted by Crippen LogP contribution is 2.12. The summed E-state index contributed by atoms with van der Waals surface area (Å²) in [5.74, 6) is -0.331. The Hall–Kier alpha value is -4.19. The minimum absolute atomic E-state index is 0.215. The van der Waals surface area contributed by atoms with Crippen molar-refractivity contribution in [3.8, 4) is 5.69 Å². The average molecular weight is 410 g/mol. The quantitative estimate of drug-likeness (QED) is 0.374. The number of aromatic nitrogens is 2. The van der Waals surface area contributed by atoms with Crippen LogP contribution in [0.3, 0.4) is 0 Å². The van der Waals surface area contributed by atoms with Gasteiger partial charge in [-0.1, -0.05) is 66.7 Å². The van der Waals surface area contributed by atoms with Crippen LogP contribution < -0.4 is 11.0 Å². The van der Waals surface area contributed by atoms with Gasteiger partial charge in [-0.05, 0) is 36.8 Å². The topological polar surface area (TPSA) is 79.2 Å². The predicted octanol–water partition coefficient (Wildman–Crippen LogP) is 3.85. The van der Waals surface area contributed by atoms with E-state index in [0.29, 0.717) is 29.0 Å². The van der Waals surface area contributed by atoms with Gasteiger partial charge in [0.25, 0.3) is 11.5 Å². The largest absolute Gasteiger partial charge is 0.295 e. The third-order valence-corrected chi connectivity index (χ3v) is 4.92. The van der Waals surface area contributed by atoms with E-state index in [-0.39, 0.29) is 11.5 Å². The molecule has 0 bridgehead atoms. The van der Waals surface area contributed by atoms with Crippen LogP contribution in [0.5, 0.6) is 0 Å². The van der Waals surface area contributed by atoms with E-state index in [4.69, 9.17) is 0 Å². The maximum absolute atomic E-state index is 13.3. The molecule has 0 saturated heterocycles. The van der Waals surface area contributed by atoms with E-state index < -0.39 is 0 Å². The number of nitrogens with one attached hydrogen (secondary N) is 2. The number of para-hydroxylation sites is 1. The van der Waals surface area contributed by atoms with Crippen molar-refractivity contribution in [1.29, 1.82) is 0 Å². The zero-order valence-electron chi connectivity index (χ0n) is 17.1. The summed E-state index contributed by atoms with van der Waals surface area (Å²) in [4.78, 5) is 25.8. The van der Waals surface area contributed by atoms with E-state index in [2.05, 4.69) is 15.6 Å². The summed E-state index contributed by atoms with van der Waals surface area (Å²) in [5, 5.41) is 7.50. The molecule has 0 spiro atoms. The van der Waals surface area contributed by atoms with Gasteiger partial charge in [0.15, 0.2) is 0 Å². The van der Waals surface area contributed by atoms with Crippen LogP contribution in [0.1, 0.15) is 27.2 Å². The van der Waals surface area contributed by atoms with Gasteiger partial charge >= 0.3 is 0 Å². The molecule has 6 nitrogen and oxygen atoms in total. The Bertz CT molecular complexity index is 1260. The van der Waals surface area contributed by atoms with E-state index in [1.807, 2.05) is 73.7 Å². The van der Waals surface area contributed by atoms with Gasteiger partial charge in [-0.3, -0.25) is 14.7 Å². The molecule has 154 valence electrons. The van der Waals surface area contributed by atoms with Gasteiger partial charge in [-0.25, -0.2) is 10.1 Å². The number of rotatable bonds is 6. The molecule has 0 aliphatic heterocycles. The molecule has 0 unspecified atom stereocenters. The lowest BCUT2D eigenvalue weighted by Crippen LogP contribution is -2.26. The van der Waals surface area contributed by atoms with E-state index in [0.717, 1.165) is 11.3 Å². The van der Waals surface area contributed by atoms with Gasteiger partial charge in [0.1, 0.15) is 0 Å². The maximum atomic E-state index is 13.3. The number of carbonyl (C=O) groups excluding carboxylic acids is 1. The lowest BCUT2D eigenvalue weighted by Gasteiger charge is -2.07. The first-order chi connectivity index (χ1) is 15.1. The molecule has 2 N–H and O–H groups in total. The first-order valence-corrected chi connectivity index (χ1v) is 9.97. The van der Waals surface area contributed by atoms with Gasteiger partial charge in [-0.2, -0.15) is 5.10 Å². The summed E-state index contributed by atoms with van der Waals surface area (Å²) in [6.45, 7) is 1.83. The Morgan fingerprint density at radius 1 is 0.903 bits per heavy atom. The Kier molecular flexibility index (Phi) is 5.89. The van der Waals surface area contributed by atoms with Crippen molar-refractivity contribution in [3.05, 3.63) is 124 Å². The number of aromatic amines is 1. The number of carbonyl (C=O) groups is 1. The smallest absolute Gasteiger partial charge is 0.280 e. The minimum Gasteiger partial charge on any atom is -0.295 e. The highest BCUT2D eigenvalue weighted by Gasteiger charge is 2.19. The van der Waals surface area contributed by atoms with Crippen LogP contribution in [0.25, 0.3) is 5.69 Å². The van der Waals surface area contributed by atoms with Gasteiger partial charge < -0.3 is 0 Å². The molecule has 3 aromatic carbocycles. The van der Waals surface area contributed by atoms with E-state index in [1.54, 1.807) is 24.3 Å². The normalized spacial score (nSPS) is 11.3. The van der Waals surface area contributed by atoms with Crippen molar-refractivity contribution < 1.29 is 4.79 Å². The van der Waals surface area contributed by atoms with Crippen molar-refractivity contribution in [2.45, 2.75) is 13.3 Å². The lowest BCUT2D eigenvalue weighted by molar-refractivity contribution is 0.0955. The molecule has 1 heterocycles. The Morgan fingerprint density at radius 2 is 1.48 bits per heavy atom. The fraction of sp³-hybridized carbons (Fsp3) is 0.0800. The van der Waals surface area contributed by atoms with Gasteiger partial charge in [-0.15, -0.1) is 0 Å². The van der Waals surface area contributed by atoms with Crippen LogP contribution in [0.2, 0.25) is 0 Å². The van der Waals surface area contributed by atoms with Gasteiger partial charge in [0.05, 0.1) is 17.0 Å². The molecule has 0 saturated carbocycles. The lowest BCUT2D eigenvalue weighted by atomic mass is 10.0. The third-order valence-electron chi connectivity index (χ3n) is 4.92. The minimum atomic E-state index is -0.331. The van der Waals surface area contributed by atoms with Crippen LogP contribution in [0.4, 0.5) is 0 Å². The second-order valence-electron chi connectivity index (χ2n) is 7.12. The SMILES string of the molecule is Cc1[nH]n(-c2ccccc2)c(=O)c1/C(Cc1ccccc1)=N/NC(=O)c1ccccc1. The highest BCUT2D eigenvalue weighted by atomic mass is 16.2. The number of benzene rings is 3. The standard InChI is InChI=1S/C25H22N4O2/c1-18-23(25(31)29(28-18)21-15-9-4-10-16-21)22(17-19-11-5-2-6-12-19)26-27-24(30)20-13-7-3-8-14-20/h2-16,28H,17H2,1H3,(H,27,30)/b26-22+. The Labute approximate surface area is 179 Å². The van der Waals surface area contributed by atoms with Crippen LogP contribution in [0, 0.1) is 6.92 Å². The first-order valence-electron chi connectivity index (χ1n) is 9.97. The fourth-order valence-electron chi connectivity index (χ4n) is 3.39. The van der Waals surface area contributed by atoms with Crippen molar-refractivity contribution in [2.24, 2.45) is 5.10 Å². The average Bonchev–Trinajstić information content (AvgIpc) is 3.12. The Morgan fingerprint density at radius 3 is 2.13 bits per heavy atom. The molecule has 0 fully saturated rings. The molecule has 0 aliphatic rings. The highest BCUT2D eigenvalue weighted by molar-refractivity contribution is 6.04. The molecule has 0 atom stereocenters. The zero-order valence-corrected chi connectivity index (χ0v) is 17.1. The molecule has 4 rings (SSSR count). The number of hydrogen-bond acceptors (Lipinski definition) is 3. The number of hydrazone groups is 1. The number of hydrogen-bond donors (Lipinski definition) is 2. The second-order valence-corrected chi connectivity index (χ2v) is 7.12. The van der Waals surface area contributed by atoms with Crippen LogP contribution >= 0.6 is 0 Å². The van der Waals surface area contributed by atoms with Crippen LogP contribution in [-0.4, -0.2) is 21.4 Å². The molecule has 1 aromatic heterocycles. The molecule has 0 radical (unpaired) electrons. The Balaban J connectivity index is 1.74. The van der Waals surface area contributed by atoms with Crippen LogP contribution in [-0.2, 0) is 6.42 Å². The molecule has 1 amide bonds. The van der Waals surface area contributed by atoms with Crippen molar-refractivity contribution >= 4 is 11.6 Å². The number of amides is 1. The maximum Gasteiger partial charge on any atom is 0.280 e. The number of aryl methyl sites for hydroxylation is 1. The molecule has 4 aromatic rings. The second kappa shape index (κ2) is 9.09. The van der Waals surface area contributed by atoms with Gasteiger partial charge in [0, 0.05) is 17.7 Å². The summed E-state index contributed by atoms with van der Waals surface area (Å²) in [7, 11) is 0. The van der Waals surface area contributed by atoms with Gasteiger partial charge in [0.2, 0.25) is 0 Å². The number of H-pyrrole nitrogens is 1. The van der Waals surface area contributed by atoms with Crippen LogP contribution in [0.15, 0.2) is 101 Å². The predicted molar refractivity (Wildman–Crippen MR) is 122 cm³/mol. The van der Waals surface area contributed by atoms with Crippen molar-refractivity contribution in [2.75, 3.05) is 0 Å². The van der Waals surface area contributed by atoms with E-state index in [9.17, 15) is 9.59 Å². The molecular formula is C25H22N4O2. The molecule has 0 aliphatic carbocycles. The summed E-state index contributed by atoms with van der Waals surface area (Å²) in [6.07, 6.45) is 0.401.